The van der Waals surface area contributed by atoms with Crippen molar-refractivity contribution in [3.8, 4) is 22.8 Å². The summed E-state index contributed by atoms with van der Waals surface area (Å²) in [4.78, 5) is 28.9. The molecule has 3 rings (SSSR count). The maximum atomic E-state index is 11.2. The van der Waals surface area contributed by atoms with Gasteiger partial charge in [-0.1, -0.05) is 17.3 Å². The van der Waals surface area contributed by atoms with E-state index < -0.39 is 5.97 Å². The Morgan fingerprint density at radius 2 is 2.05 bits per heavy atom. The quantitative estimate of drug-likeness (QED) is 0.758. The molecule has 0 atom stereocenters. The van der Waals surface area contributed by atoms with Gasteiger partial charge in [-0.05, 0) is 18.2 Å². The molecule has 3 aromatic rings. The molecule has 0 spiro atoms. The van der Waals surface area contributed by atoms with Gasteiger partial charge in [0.25, 0.3) is 5.89 Å². The lowest BCUT2D eigenvalue weighted by Gasteiger charge is -1.96. The van der Waals surface area contributed by atoms with Crippen LogP contribution in [0, 0.1) is 0 Å². The lowest BCUT2D eigenvalue weighted by molar-refractivity contribution is 0.0697. The minimum atomic E-state index is -1.03. The summed E-state index contributed by atoms with van der Waals surface area (Å²) in [6.07, 6.45) is 1.48. The maximum absolute atomic E-state index is 11.2. The number of pyridine rings is 1. The van der Waals surface area contributed by atoms with E-state index in [2.05, 4.69) is 15.1 Å². The topological polar surface area (TPSA) is 109 Å². The molecule has 0 aliphatic rings. The molecule has 0 fully saturated rings. The Hall–Kier alpha value is -3.22. The van der Waals surface area contributed by atoms with E-state index in [0.29, 0.717) is 11.1 Å². The number of nitrogens with one attached hydrogen (secondary N) is 1. The molecule has 0 aliphatic carbocycles. The monoisotopic (exact) mass is 283 g/mol. The minimum Gasteiger partial charge on any atom is -0.478 e. The highest BCUT2D eigenvalue weighted by atomic mass is 16.5. The van der Waals surface area contributed by atoms with Crippen LogP contribution in [0.4, 0.5) is 0 Å². The summed E-state index contributed by atoms with van der Waals surface area (Å²) in [5.41, 5.74) is 0.872. The molecular formula is C14H9N3O4. The zero-order valence-corrected chi connectivity index (χ0v) is 10.6. The maximum Gasteiger partial charge on any atom is 0.335 e. The molecule has 7 nitrogen and oxygen atoms in total. The van der Waals surface area contributed by atoms with Crippen LogP contribution in [0.2, 0.25) is 0 Å². The second-order valence-electron chi connectivity index (χ2n) is 4.25. The number of aromatic carboxylic acids is 1. The Bertz CT molecular complexity index is 866. The van der Waals surface area contributed by atoms with Gasteiger partial charge in [0.15, 0.2) is 0 Å². The third kappa shape index (κ3) is 2.57. The third-order valence-corrected chi connectivity index (χ3v) is 2.82. The number of carbonyl (C=O) groups is 1. The molecule has 2 heterocycles. The predicted octanol–water partition coefficient (Wildman–Crippen LogP) is 1.79. The van der Waals surface area contributed by atoms with Crippen LogP contribution in [0.15, 0.2) is 51.9 Å². The van der Waals surface area contributed by atoms with E-state index in [1.165, 1.54) is 24.4 Å². The van der Waals surface area contributed by atoms with E-state index >= 15 is 0 Å². The second-order valence-corrected chi connectivity index (χ2v) is 4.25. The van der Waals surface area contributed by atoms with Crippen molar-refractivity contribution in [1.29, 1.82) is 0 Å². The summed E-state index contributed by atoms with van der Waals surface area (Å²) in [7, 11) is 0. The predicted molar refractivity (Wildman–Crippen MR) is 72.8 cm³/mol. The Balaban J connectivity index is 2.00. The molecule has 0 radical (unpaired) electrons. The average molecular weight is 283 g/mol. The summed E-state index contributed by atoms with van der Waals surface area (Å²) in [6.45, 7) is 0. The zero-order chi connectivity index (χ0) is 14.8. The highest BCUT2D eigenvalue weighted by molar-refractivity contribution is 5.89. The van der Waals surface area contributed by atoms with Crippen molar-refractivity contribution in [2.75, 3.05) is 0 Å². The molecule has 21 heavy (non-hydrogen) atoms. The van der Waals surface area contributed by atoms with E-state index in [1.807, 2.05) is 0 Å². The average Bonchev–Trinajstić information content (AvgIpc) is 2.97. The summed E-state index contributed by atoms with van der Waals surface area (Å²) in [6, 6.07) is 9.18. The fraction of sp³-hybridized carbons (Fsp3) is 0. The highest BCUT2D eigenvalue weighted by Crippen LogP contribution is 2.21. The second kappa shape index (κ2) is 5.04. The smallest absolute Gasteiger partial charge is 0.335 e. The lowest BCUT2D eigenvalue weighted by Crippen LogP contribution is -2.02. The summed E-state index contributed by atoms with van der Waals surface area (Å²) < 4.78 is 5.10. The van der Waals surface area contributed by atoms with Gasteiger partial charge in [0, 0.05) is 23.4 Å². The van der Waals surface area contributed by atoms with Crippen molar-refractivity contribution in [2.45, 2.75) is 0 Å². The van der Waals surface area contributed by atoms with E-state index in [9.17, 15) is 9.59 Å². The van der Waals surface area contributed by atoms with Crippen LogP contribution in [-0.4, -0.2) is 26.2 Å². The highest BCUT2D eigenvalue weighted by Gasteiger charge is 2.12. The summed E-state index contributed by atoms with van der Waals surface area (Å²) >= 11 is 0. The van der Waals surface area contributed by atoms with Gasteiger partial charge < -0.3 is 14.6 Å². The number of benzene rings is 1. The van der Waals surface area contributed by atoms with Gasteiger partial charge in [-0.3, -0.25) is 4.79 Å². The normalized spacial score (nSPS) is 10.5. The first-order valence-electron chi connectivity index (χ1n) is 6.00. The molecule has 2 aromatic heterocycles. The van der Waals surface area contributed by atoms with Crippen molar-refractivity contribution in [3.05, 3.63) is 58.5 Å². The van der Waals surface area contributed by atoms with E-state index in [-0.39, 0.29) is 22.8 Å². The van der Waals surface area contributed by atoms with Crippen LogP contribution >= 0.6 is 0 Å². The van der Waals surface area contributed by atoms with E-state index in [0.717, 1.165) is 0 Å². The van der Waals surface area contributed by atoms with Gasteiger partial charge in [0.05, 0.1) is 5.56 Å². The molecule has 104 valence electrons. The fourth-order valence-electron chi connectivity index (χ4n) is 1.83. The molecule has 0 unspecified atom stereocenters. The number of hydrogen-bond donors (Lipinski definition) is 2. The largest absolute Gasteiger partial charge is 0.478 e. The van der Waals surface area contributed by atoms with E-state index in [1.54, 1.807) is 18.2 Å². The van der Waals surface area contributed by atoms with Gasteiger partial charge in [-0.15, -0.1) is 0 Å². The van der Waals surface area contributed by atoms with Gasteiger partial charge in [-0.25, -0.2) is 4.79 Å². The summed E-state index contributed by atoms with van der Waals surface area (Å²) in [5, 5.41) is 12.8. The molecule has 0 bridgehead atoms. The fourth-order valence-corrected chi connectivity index (χ4v) is 1.83. The van der Waals surface area contributed by atoms with Crippen molar-refractivity contribution in [2.24, 2.45) is 0 Å². The van der Waals surface area contributed by atoms with Crippen LogP contribution in [0.1, 0.15) is 10.4 Å². The number of carboxylic acids is 1. The first-order chi connectivity index (χ1) is 10.1. The Kier molecular flexibility index (Phi) is 3.07. The number of H-pyrrole nitrogens is 1. The molecule has 0 aliphatic heterocycles. The molecular weight excluding hydrogens is 274 g/mol. The van der Waals surface area contributed by atoms with Gasteiger partial charge >= 0.3 is 5.97 Å². The van der Waals surface area contributed by atoms with Crippen LogP contribution in [0.3, 0.4) is 0 Å². The first kappa shape index (κ1) is 12.8. The molecule has 0 saturated heterocycles. The number of carboxylic acid groups (broad SMARTS) is 1. The summed E-state index contributed by atoms with van der Waals surface area (Å²) in [5.74, 6) is -0.583. The van der Waals surface area contributed by atoms with Crippen LogP contribution < -0.4 is 5.56 Å². The number of nitrogens with zero attached hydrogens (tertiary/aromatic N) is 2. The molecule has 0 saturated carbocycles. The minimum absolute atomic E-state index is 0.134. The third-order valence-electron chi connectivity index (χ3n) is 2.82. The van der Waals surface area contributed by atoms with Crippen molar-refractivity contribution >= 4 is 5.97 Å². The van der Waals surface area contributed by atoms with Gasteiger partial charge in [0.2, 0.25) is 11.4 Å². The first-order valence-corrected chi connectivity index (χ1v) is 6.00. The zero-order valence-electron chi connectivity index (χ0n) is 10.6. The Morgan fingerprint density at radius 1 is 1.19 bits per heavy atom. The van der Waals surface area contributed by atoms with Crippen molar-refractivity contribution < 1.29 is 14.4 Å². The van der Waals surface area contributed by atoms with Crippen molar-refractivity contribution in [3.63, 3.8) is 0 Å². The molecule has 0 amide bonds. The molecule has 2 N–H and O–H groups in total. The molecule has 7 heteroatoms. The Morgan fingerprint density at radius 3 is 2.81 bits per heavy atom. The SMILES string of the molecule is O=C(O)c1cccc(-c2noc(-c3cc[nH]c(=O)c3)n2)c1. The van der Waals surface area contributed by atoms with E-state index in [4.69, 9.17) is 9.63 Å². The van der Waals surface area contributed by atoms with Crippen LogP contribution in [0.5, 0.6) is 0 Å². The van der Waals surface area contributed by atoms with Crippen molar-refractivity contribution in [1.82, 2.24) is 15.1 Å². The van der Waals surface area contributed by atoms with Crippen LogP contribution in [0.25, 0.3) is 22.8 Å². The number of hydrogen-bond acceptors (Lipinski definition) is 5. The number of rotatable bonds is 3. The number of aromatic nitrogens is 3. The Labute approximate surface area is 117 Å². The van der Waals surface area contributed by atoms with Gasteiger partial charge in [-0.2, -0.15) is 4.98 Å². The lowest BCUT2D eigenvalue weighted by atomic mass is 10.1. The van der Waals surface area contributed by atoms with Crippen LogP contribution in [-0.2, 0) is 0 Å². The standard InChI is InChI=1S/C14H9N3O4/c18-11-7-9(4-5-15-11)13-16-12(17-21-13)8-2-1-3-10(6-8)14(19)20/h1-7H,(H,15,18)(H,19,20). The van der Waals surface area contributed by atoms with Gasteiger partial charge in [0.1, 0.15) is 0 Å². The molecule has 1 aromatic carbocycles. The number of aromatic amines is 1.